The van der Waals surface area contributed by atoms with Crippen molar-refractivity contribution in [1.82, 2.24) is 0 Å². The third-order valence-electron chi connectivity index (χ3n) is 10.3. The van der Waals surface area contributed by atoms with Crippen molar-refractivity contribution in [2.45, 2.75) is 92.4 Å². The standard InChI is InChI=1S/C24H40/c1-16(2)19-12-14-23(5)20-11-10-18-9-7-8-13-22(18,4)21(20)17(3)15-24(19,23)6/h17-21H,1,7-15H2,2-6H3. The van der Waals surface area contributed by atoms with E-state index in [9.17, 15) is 0 Å². The Kier molecular flexibility index (Phi) is 3.84. The quantitative estimate of drug-likeness (QED) is 0.445. The molecule has 0 amide bonds. The molecule has 8 atom stereocenters. The SMILES string of the molecule is C=C(C)C1CCC2(C)C3CCC4CCCCC4(C)C3C(C)CC12C. The summed E-state index contributed by atoms with van der Waals surface area (Å²) in [6.45, 7) is 17.4. The van der Waals surface area contributed by atoms with E-state index in [4.69, 9.17) is 0 Å². The molecule has 0 nitrogen and oxygen atoms in total. The van der Waals surface area contributed by atoms with Crippen molar-refractivity contribution in [3.8, 4) is 0 Å². The average Bonchev–Trinajstić information content (AvgIpc) is 2.78. The van der Waals surface area contributed by atoms with E-state index in [1.54, 1.807) is 0 Å². The second-order valence-electron chi connectivity index (χ2n) is 11.1. The van der Waals surface area contributed by atoms with E-state index in [2.05, 4.69) is 41.2 Å². The van der Waals surface area contributed by atoms with Crippen molar-refractivity contribution in [3.05, 3.63) is 12.2 Å². The van der Waals surface area contributed by atoms with E-state index in [1.807, 2.05) is 0 Å². The summed E-state index contributed by atoms with van der Waals surface area (Å²) in [4.78, 5) is 0. The second-order valence-corrected chi connectivity index (χ2v) is 11.1. The monoisotopic (exact) mass is 328 g/mol. The summed E-state index contributed by atoms with van der Waals surface area (Å²) in [5, 5.41) is 0. The molecule has 4 saturated carbocycles. The van der Waals surface area contributed by atoms with Gasteiger partial charge in [0.05, 0.1) is 0 Å². The summed E-state index contributed by atoms with van der Waals surface area (Å²) >= 11 is 0. The third kappa shape index (κ3) is 1.98. The van der Waals surface area contributed by atoms with Crippen molar-refractivity contribution in [3.63, 3.8) is 0 Å². The predicted octanol–water partition coefficient (Wildman–Crippen LogP) is 7.25. The number of fused-ring (bicyclic) bond motifs is 5. The van der Waals surface area contributed by atoms with Crippen LogP contribution in [0.2, 0.25) is 0 Å². The van der Waals surface area contributed by atoms with Gasteiger partial charge in [-0.2, -0.15) is 0 Å². The average molecular weight is 329 g/mol. The first-order valence-corrected chi connectivity index (χ1v) is 10.9. The van der Waals surface area contributed by atoms with Crippen LogP contribution in [0.3, 0.4) is 0 Å². The Balaban J connectivity index is 1.75. The lowest BCUT2D eigenvalue weighted by molar-refractivity contribution is -0.174. The first kappa shape index (κ1) is 17.2. The molecule has 0 spiro atoms. The lowest BCUT2D eigenvalue weighted by Gasteiger charge is -2.66. The van der Waals surface area contributed by atoms with Crippen LogP contribution in [0.1, 0.15) is 92.4 Å². The van der Waals surface area contributed by atoms with E-state index in [1.165, 1.54) is 63.4 Å². The first-order chi connectivity index (χ1) is 11.2. The molecule has 0 radical (unpaired) electrons. The highest BCUT2D eigenvalue weighted by Gasteiger charge is 2.66. The molecule has 8 unspecified atom stereocenters. The summed E-state index contributed by atoms with van der Waals surface area (Å²) in [7, 11) is 0. The summed E-state index contributed by atoms with van der Waals surface area (Å²) in [5.41, 5.74) is 3.16. The molecular weight excluding hydrogens is 288 g/mol. The van der Waals surface area contributed by atoms with Crippen LogP contribution in [-0.2, 0) is 0 Å². The van der Waals surface area contributed by atoms with Crippen LogP contribution in [0.5, 0.6) is 0 Å². The van der Waals surface area contributed by atoms with Crippen LogP contribution in [0.25, 0.3) is 0 Å². The van der Waals surface area contributed by atoms with Crippen molar-refractivity contribution in [2.24, 2.45) is 45.8 Å². The number of hydrogen-bond donors (Lipinski definition) is 0. The lowest BCUT2D eigenvalue weighted by Crippen LogP contribution is -2.59. The molecule has 0 aliphatic heterocycles. The molecule has 4 fully saturated rings. The van der Waals surface area contributed by atoms with Crippen LogP contribution >= 0.6 is 0 Å². The molecule has 4 rings (SSSR count). The highest BCUT2D eigenvalue weighted by molar-refractivity contribution is 5.20. The summed E-state index contributed by atoms with van der Waals surface area (Å²) in [6, 6.07) is 0. The molecule has 0 heteroatoms. The van der Waals surface area contributed by atoms with E-state index in [-0.39, 0.29) is 0 Å². The van der Waals surface area contributed by atoms with Crippen LogP contribution in [0.15, 0.2) is 12.2 Å². The Labute approximate surface area is 150 Å². The number of hydrogen-bond acceptors (Lipinski definition) is 0. The Morgan fingerprint density at radius 3 is 2.38 bits per heavy atom. The number of rotatable bonds is 1. The molecule has 4 aliphatic carbocycles. The maximum atomic E-state index is 4.41. The molecule has 0 bridgehead atoms. The summed E-state index contributed by atoms with van der Waals surface area (Å²) < 4.78 is 0. The highest BCUT2D eigenvalue weighted by atomic mass is 14.7. The van der Waals surface area contributed by atoms with E-state index in [0.717, 1.165) is 29.6 Å². The van der Waals surface area contributed by atoms with Gasteiger partial charge in [-0.05, 0) is 97.7 Å². The minimum absolute atomic E-state index is 0.497. The first-order valence-electron chi connectivity index (χ1n) is 10.9. The Bertz CT molecular complexity index is 532. The topological polar surface area (TPSA) is 0 Å². The van der Waals surface area contributed by atoms with Gasteiger partial charge in [-0.3, -0.25) is 0 Å². The van der Waals surface area contributed by atoms with Crippen LogP contribution in [-0.4, -0.2) is 0 Å². The highest BCUT2D eigenvalue weighted by Crippen LogP contribution is 2.74. The number of allylic oxidation sites excluding steroid dienone is 1. The Morgan fingerprint density at radius 2 is 1.67 bits per heavy atom. The van der Waals surface area contributed by atoms with E-state index >= 15 is 0 Å². The molecule has 24 heavy (non-hydrogen) atoms. The van der Waals surface area contributed by atoms with Crippen LogP contribution < -0.4 is 0 Å². The maximum absolute atomic E-state index is 4.41. The van der Waals surface area contributed by atoms with Gasteiger partial charge in [0.1, 0.15) is 0 Å². The van der Waals surface area contributed by atoms with Gasteiger partial charge in [0.15, 0.2) is 0 Å². The van der Waals surface area contributed by atoms with Crippen molar-refractivity contribution in [2.75, 3.05) is 0 Å². The Morgan fingerprint density at radius 1 is 0.917 bits per heavy atom. The predicted molar refractivity (Wildman–Crippen MR) is 104 cm³/mol. The molecule has 136 valence electrons. The zero-order valence-electron chi connectivity index (χ0n) is 17.0. The lowest BCUT2D eigenvalue weighted by atomic mass is 9.38. The fourth-order valence-corrected chi connectivity index (χ4v) is 9.14. The van der Waals surface area contributed by atoms with Gasteiger partial charge in [-0.25, -0.2) is 0 Å². The summed E-state index contributed by atoms with van der Waals surface area (Å²) in [6.07, 6.45) is 13.4. The Hall–Kier alpha value is -0.260. The minimum atomic E-state index is 0.497. The second kappa shape index (κ2) is 5.37. The smallest absolute Gasteiger partial charge is 0.0149 e. The zero-order chi connectivity index (χ0) is 17.3. The largest absolute Gasteiger partial charge is 0.0998 e. The molecule has 4 aliphatic rings. The van der Waals surface area contributed by atoms with Gasteiger partial charge in [0, 0.05) is 0 Å². The van der Waals surface area contributed by atoms with Crippen molar-refractivity contribution < 1.29 is 0 Å². The van der Waals surface area contributed by atoms with Gasteiger partial charge in [0.25, 0.3) is 0 Å². The van der Waals surface area contributed by atoms with Crippen molar-refractivity contribution in [1.29, 1.82) is 0 Å². The van der Waals surface area contributed by atoms with E-state index in [0.29, 0.717) is 16.2 Å². The van der Waals surface area contributed by atoms with Gasteiger partial charge in [-0.15, -0.1) is 0 Å². The fourth-order valence-electron chi connectivity index (χ4n) is 9.14. The zero-order valence-corrected chi connectivity index (χ0v) is 17.0. The van der Waals surface area contributed by atoms with Gasteiger partial charge < -0.3 is 0 Å². The molecule has 0 aromatic rings. The van der Waals surface area contributed by atoms with Crippen molar-refractivity contribution >= 4 is 0 Å². The van der Waals surface area contributed by atoms with Crippen LogP contribution in [0, 0.1) is 45.8 Å². The molecule has 0 heterocycles. The maximum Gasteiger partial charge on any atom is -0.0149 e. The van der Waals surface area contributed by atoms with E-state index < -0.39 is 0 Å². The molecule has 0 aromatic heterocycles. The fraction of sp³-hybridized carbons (Fsp3) is 0.917. The molecule has 0 saturated heterocycles. The minimum Gasteiger partial charge on any atom is -0.0998 e. The normalized spacial score (nSPS) is 57.0. The summed E-state index contributed by atoms with van der Waals surface area (Å²) in [5.74, 6) is 4.65. The third-order valence-corrected chi connectivity index (χ3v) is 10.3. The molecule has 0 N–H and O–H groups in total. The van der Waals surface area contributed by atoms with Gasteiger partial charge in [-0.1, -0.05) is 52.7 Å². The van der Waals surface area contributed by atoms with Crippen LogP contribution in [0.4, 0.5) is 0 Å². The van der Waals surface area contributed by atoms with Gasteiger partial charge in [0.2, 0.25) is 0 Å². The molecule has 0 aromatic carbocycles. The van der Waals surface area contributed by atoms with Gasteiger partial charge >= 0.3 is 0 Å². The molecular formula is C24H40.